The number of halogens is 1. The third kappa shape index (κ3) is 4.18. The van der Waals surface area contributed by atoms with E-state index in [9.17, 15) is 4.79 Å². The summed E-state index contributed by atoms with van der Waals surface area (Å²) in [5.74, 6) is 1.12. The average molecular weight is 291 g/mol. The maximum atomic E-state index is 11.5. The summed E-state index contributed by atoms with van der Waals surface area (Å²) < 4.78 is 15.5. The van der Waals surface area contributed by atoms with Gasteiger partial charge in [0.2, 0.25) is 11.7 Å². The molecule has 1 amide bonds. The Kier molecular flexibility index (Phi) is 7.03. The molecule has 0 aliphatic rings. The molecule has 1 atom stereocenters. The van der Waals surface area contributed by atoms with E-state index in [-0.39, 0.29) is 18.3 Å². The van der Waals surface area contributed by atoms with Crippen LogP contribution in [-0.2, 0) is 4.79 Å². The molecule has 0 aliphatic heterocycles. The molecule has 7 heteroatoms. The number of amides is 1. The van der Waals surface area contributed by atoms with Crippen molar-refractivity contribution >= 4 is 24.0 Å². The van der Waals surface area contributed by atoms with Gasteiger partial charge in [0.15, 0.2) is 11.5 Å². The fraction of sp³-hybridized carbons (Fsp3) is 0.417. The lowest BCUT2D eigenvalue weighted by molar-refractivity contribution is -0.117. The maximum Gasteiger partial charge on any atom is 0.241 e. The Balaban J connectivity index is 0.00000324. The van der Waals surface area contributed by atoms with Crippen molar-refractivity contribution < 1.29 is 19.0 Å². The lowest BCUT2D eigenvalue weighted by Crippen LogP contribution is -2.32. The normalized spacial score (nSPS) is 11.0. The van der Waals surface area contributed by atoms with Crippen molar-refractivity contribution in [2.75, 3.05) is 26.6 Å². The van der Waals surface area contributed by atoms with E-state index in [1.165, 1.54) is 21.3 Å². The topological polar surface area (TPSA) is 82.8 Å². The Morgan fingerprint density at radius 3 is 1.95 bits per heavy atom. The predicted octanol–water partition coefficient (Wildman–Crippen LogP) is 1.42. The number of hydrogen-bond acceptors (Lipinski definition) is 5. The minimum absolute atomic E-state index is 0. The number of rotatable bonds is 5. The van der Waals surface area contributed by atoms with Crippen molar-refractivity contribution in [1.29, 1.82) is 0 Å². The van der Waals surface area contributed by atoms with Crippen molar-refractivity contribution in [3.8, 4) is 17.2 Å². The molecular weight excluding hydrogens is 272 g/mol. The predicted molar refractivity (Wildman–Crippen MR) is 75.6 cm³/mol. The monoisotopic (exact) mass is 290 g/mol. The first-order valence-electron chi connectivity index (χ1n) is 5.40. The van der Waals surface area contributed by atoms with Crippen LogP contribution in [0.25, 0.3) is 0 Å². The zero-order valence-corrected chi connectivity index (χ0v) is 12.2. The van der Waals surface area contributed by atoms with Crippen LogP contribution in [0.4, 0.5) is 5.69 Å². The minimum atomic E-state index is -0.593. The average Bonchev–Trinajstić information content (AvgIpc) is 2.37. The van der Waals surface area contributed by atoms with E-state index in [2.05, 4.69) is 5.32 Å². The maximum absolute atomic E-state index is 11.5. The summed E-state index contributed by atoms with van der Waals surface area (Å²) in [5.41, 5.74) is 6.02. The molecule has 0 radical (unpaired) electrons. The molecule has 19 heavy (non-hydrogen) atoms. The molecule has 0 fully saturated rings. The number of hydrogen-bond donors (Lipinski definition) is 2. The highest BCUT2D eigenvalue weighted by Crippen LogP contribution is 2.39. The Morgan fingerprint density at radius 1 is 1.16 bits per heavy atom. The van der Waals surface area contributed by atoms with Crippen LogP contribution in [0.1, 0.15) is 6.92 Å². The third-order valence-electron chi connectivity index (χ3n) is 2.35. The highest BCUT2D eigenvalue weighted by molar-refractivity contribution is 5.95. The number of carbonyl (C=O) groups is 1. The molecule has 3 N–H and O–H groups in total. The third-order valence-corrected chi connectivity index (χ3v) is 2.35. The van der Waals surface area contributed by atoms with Crippen molar-refractivity contribution in [2.45, 2.75) is 13.0 Å². The molecule has 0 bridgehead atoms. The van der Waals surface area contributed by atoms with Gasteiger partial charge in [0, 0.05) is 17.8 Å². The zero-order valence-electron chi connectivity index (χ0n) is 11.4. The summed E-state index contributed by atoms with van der Waals surface area (Å²) in [6.45, 7) is 1.60. The van der Waals surface area contributed by atoms with E-state index >= 15 is 0 Å². The summed E-state index contributed by atoms with van der Waals surface area (Å²) >= 11 is 0. The lowest BCUT2D eigenvalue weighted by Gasteiger charge is -2.15. The second kappa shape index (κ2) is 7.70. The van der Waals surface area contributed by atoms with Crippen LogP contribution in [0.15, 0.2) is 12.1 Å². The number of benzene rings is 1. The zero-order chi connectivity index (χ0) is 13.7. The fourth-order valence-corrected chi connectivity index (χ4v) is 1.41. The first-order chi connectivity index (χ1) is 8.53. The molecule has 1 rings (SSSR count). The van der Waals surface area contributed by atoms with Crippen LogP contribution in [0.3, 0.4) is 0 Å². The van der Waals surface area contributed by atoms with Gasteiger partial charge in [-0.1, -0.05) is 0 Å². The van der Waals surface area contributed by atoms with Gasteiger partial charge in [0.25, 0.3) is 0 Å². The van der Waals surface area contributed by atoms with E-state index < -0.39 is 6.04 Å². The number of methoxy groups -OCH3 is 3. The van der Waals surface area contributed by atoms with Crippen LogP contribution in [0, 0.1) is 0 Å². The number of anilines is 1. The number of nitrogens with one attached hydrogen (secondary N) is 1. The van der Waals surface area contributed by atoms with Crippen LogP contribution < -0.4 is 25.3 Å². The molecule has 1 unspecified atom stereocenters. The number of nitrogens with two attached hydrogens (primary N) is 1. The van der Waals surface area contributed by atoms with Crippen molar-refractivity contribution in [1.82, 2.24) is 0 Å². The molecular formula is C12H19ClN2O4. The van der Waals surface area contributed by atoms with E-state index in [1.807, 2.05) is 0 Å². The van der Waals surface area contributed by atoms with Crippen LogP contribution in [0.5, 0.6) is 17.2 Å². The molecule has 0 spiro atoms. The van der Waals surface area contributed by atoms with Crippen LogP contribution in [0.2, 0.25) is 0 Å². The Morgan fingerprint density at radius 2 is 1.63 bits per heavy atom. The van der Waals surface area contributed by atoms with E-state index in [0.717, 1.165) is 0 Å². The molecule has 0 aliphatic carbocycles. The van der Waals surface area contributed by atoms with Crippen LogP contribution in [-0.4, -0.2) is 33.3 Å². The van der Waals surface area contributed by atoms with Gasteiger partial charge < -0.3 is 25.3 Å². The summed E-state index contributed by atoms with van der Waals surface area (Å²) in [6.07, 6.45) is 0. The minimum Gasteiger partial charge on any atom is -0.493 e. The standard InChI is InChI=1S/C12H18N2O4.ClH/c1-7(13)12(15)14-8-5-9(16-2)11(18-4)10(6-8)17-3;/h5-7H,13H2,1-4H3,(H,14,15);1H. The highest BCUT2D eigenvalue weighted by Gasteiger charge is 2.15. The smallest absolute Gasteiger partial charge is 0.241 e. The van der Waals surface area contributed by atoms with Gasteiger partial charge in [-0.3, -0.25) is 4.79 Å². The summed E-state index contributed by atoms with van der Waals surface area (Å²) in [4.78, 5) is 11.5. The molecule has 6 nitrogen and oxygen atoms in total. The quantitative estimate of drug-likeness (QED) is 0.857. The summed E-state index contributed by atoms with van der Waals surface area (Å²) in [7, 11) is 4.53. The summed E-state index contributed by atoms with van der Waals surface area (Å²) in [6, 6.07) is 2.69. The number of carbonyl (C=O) groups excluding carboxylic acids is 1. The summed E-state index contributed by atoms with van der Waals surface area (Å²) in [5, 5.41) is 2.66. The highest BCUT2D eigenvalue weighted by atomic mass is 35.5. The lowest BCUT2D eigenvalue weighted by atomic mass is 10.2. The van der Waals surface area contributed by atoms with E-state index in [0.29, 0.717) is 22.9 Å². The van der Waals surface area contributed by atoms with Gasteiger partial charge in [-0.05, 0) is 6.92 Å². The molecule has 108 valence electrons. The van der Waals surface area contributed by atoms with Gasteiger partial charge in [-0.2, -0.15) is 0 Å². The van der Waals surface area contributed by atoms with Gasteiger partial charge in [0.1, 0.15) is 0 Å². The SMILES string of the molecule is COc1cc(NC(=O)C(C)N)cc(OC)c1OC.Cl. The molecule has 0 heterocycles. The molecule has 0 aromatic heterocycles. The van der Waals surface area contributed by atoms with Crippen molar-refractivity contribution in [3.63, 3.8) is 0 Å². The van der Waals surface area contributed by atoms with Gasteiger partial charge in [-0.25, -0.2) is 0 Å². The van der Waals surface area contributed by atoms with Gasteiger partial charge >= 0.3 is 0 Å². The van der Waals surface area contributed by atoms with E-state index in [1.54, 1.807) is 19.1 Å². The largest absolute Gasteiger partial charge is 0.493 e. The van der Waals surface area contributed by atoms with E-state index in [4.69, 9.17) is 19.9 Å². The van der Waals surface area contributed by atoms with Gasteiger partial charge in [0.05, 0.1) is 27.4 Å². The molecule has 0 saturated heterocycles. The van der Waals surface area contributed by atoms with Crippen molar-refractivity contribution in [3.05, 3.63) is 12.1 Å². The number of ether oxygens (including phenoxy) is 3. The molecule has 0 saturated carbocycles. The molecule has 1 aromatic rings. The molecule has 1 aromatic carbocycles. The Bertz CT molecular complexity index is 413. The second-order valence-electron chi connectivity index (χ2n) is 3.69. The van der Waals surface area contributed by atoms with Crippen molar-refractivity contribution in [2.24, 2.45) is 5.73 Å². The second-order valence-corrected chi connectivity index (χ2v) is 3.69. The first-order valence-corrected chi connectivity index (χ1v) is 5.40. The van der Waals surface area contributed by atoms with Gasteiger partial charge in [-0.15, -0.1) is 12.4 Å². The fourth-order valence-electron chi connectivity index (χ4n) is 1.41. The Hall–Kier alpha value is -1.66. The first kappa shape index (κ1) is 17.3. The van der Waals surface area contributed by atoms with Crippen LogP contribution >= 0.6 is 12.4 Å². The Labute approximate surface area is 118 Å².